The van der Waals surface area contributed by atoms with Crippen LogP contribution < -0.4 is 16.4 Å². The van der Waals surface area contributed by atoms with E-state index in [1.54, 1.807) is 4.68 Å². The number of aromatic nitrogens is 2. The van der Waals surface area contributed by atoms with Crippen molar-refractivity contribution in [3.05, 3.63) is 47.8 Å². The van der Waals surface area contributed by atoms with Gasteiger partial charge in [0.2, 0.25) is 0 Å². The van der Waals surface area contributed by atoms with Crippen molar-refractivity contribution < 1.29 is 4.79 Å². The van der Waals surface area contributed by atoms with Crippen molar-refractivity contribution >= 4 is 11.7 Å². The minimum absolute atomic E-state index is 0.258. The van der Waals surface area contributed by atoms with E-state index < -0.39 is 0 Å². The van der Waals surface area contributed by atoms with Gasteiger partial charge in [0.25, 0.3) is 0 Å². The molecule has 2 amide bonds. The Hall–Kier alpha value is -2.34. The molecule has 0 spiro atoms. The summed E-state index contributed by atoms with van der Waals surface area (Å²) in [6.07, 6.45) is 1.83. The van der Waals surface area contributed by atoms with E-state index in [2.05, 4.69) is 15.7 Å². The van der Waals surface area contributed by atoms with Crippen LogP contribution in [-0.4, -0.2) is 15.8 Å². The monoisotopic (exact) mass is 259 g/mol. The summed E-state index contributed by atoms with van der Waals surface area (Å²) in [5.41, 5.74) is 8.08. The van der Waals surface area contributed by atoms with Gasteiger partial charge in [-0.2, -0.15) is 5.10 Å². The molecule has 0 saturated heterocycles. The number of nitrogens with zero attached hydrogens (tertiary/aromatic N) is 2. The zero-order valence-electron chi connectivity index (χ0n) is 10.8. The van der Waals surface area contributed by atoms with Gasteiger partial charge in [-0.05, 0) is 23.8 Å². The van der Waals surface area contributed by atoms with Crippen LogP contribution in [0, 0.1) is 0 Å². The van der Waals surface area contributed by atoms with E-state index in [0.29, 0.717) is 13.1 Å². The van der Waals surface area contributed by atoms with Crippen molar-refractivity contribution in [2.75, 3.05) is 5.32 Å². The van der Waals surface area contributed by atoms with Gasteiger partial charge in [0.05, 0.1) is 12.2 Å². The van der Waals surface area contributed by atoms with Crippen LogP contribution in [0.2, 0.25) is 0 Å². The lowest BCUT2D eigenvalue weighted by atomic mass is 10.2. The lowest BCUT2D eigenvalue weighted by Gasteiger charge is -2.07. The average Bonchev–Trinajstić information content (AvgIpc) is 2.83. The number of aryl methyl sites for hydroxylation is 1. The molecule has 0 aliphatic carbocycles. The Labute approximate surface area is 111 Å². The number of anilines is 1. The topological polar surface area (TPSA) is 85.0 Å². The third kappa shape index (κ3) is 3.82. The van der Waals surface area contributed by atoms with Crippen molar-refractivity contribution in [3.63, 3.8) is 0 Å². The van der Waals surface area contributed by atoms with Crippen molar-refractivity contribution in [2.45, 2.75) is 13.1 Å². The molecule has 19 heavy (non-hydrogen) atoms. The van der Waals surface area contributed by atoms with E-state index in [9.17, 15) is 4.79 Å². The fourth-order valence-corrected chi connectivity index (χ4v) is 1.63. The maximum absolute atomic E-state index is 11.7. The molecular formula is C13H17N5O. The molecule has 0 aliphatic rings. The van der Waals surface area contributed by atoms with Crippen LogP contribution in [0.4, 0.5) is 10.5 Å². The maximum atomic E-state index is 11.7. The highest BCUT2D eigenvalue weighted by molar-refractivity contribution is 5.89. The molecule has 0 fully saturated rings. The lowest BCUT2D eigenvalue weighted by molar-refractivity contribution is 0.251. The third-order valence-electron chi connectivity index (χ3n) is 2.65. The first-order valence-corrected chi connectivity index (χ1v) is 6.00. The Morgan fingerprint density at radius 3 is 2.63 bits per heavy atom. The first-order valence-electron chi connectivity index (χ1n) is 6.00. The molecule has 1 heterocycles. The van der Waals surface area contributed by atoms with Crippen LogP contribution in [-0.2, 0) is 20.1 Å². The van der Waals surface area contributed by atoms with Gasteiger partial charge in [-0.1, -0.05) is 12.1 Å². The number of urea groups is 1. The molecule has 0 radical (unpaired) electrons. The Kier molecular flexibility index (Phi) is 4.15. The first kappa shape index (κ1) is 13.1. The molecule has 4 N–H and O–H groups in total. The number of rotatable bonds is 4. The molecule has 0 atom stereocenters. The fourth-order valence-electron chi connectivity index (χ4n) is 1.63. The largest absolute Gasteiger partial charge is 0.332 e. The maximum Gasteiger partial charge on any atom is 0.319 e. The summed E-state index contributed by atoms with van der Waals surface area (Å²) in [6.45, 7) is 0.889. The minimum Gasteiger partial charge on any atom is -0.332 e. The van der Waals surface area contributed by atoms with Gasteiger partial charge in [0.1, 0.15) is 0 Å². The number of nitrogens with one attached hydrogen (secondary N) is 2. The Balaban J connectivity index is 1.83. The van der Waals surface area contributed by atoms with Gasteiger partial charge in [-0.3, -0.25) is 4.68 Å². The quantitative estimate of drug-likeness (QED) is 0.771. The second-order valence-corrected chi connectivity index (χ2v) is 4.19. The zero-order chi connectivity index (χ0) is 13.7. The van der Waals surface area contributed by atoms with Gasteiger partial charge < -0.3 is 16.4 Å². The lowest BCUT2D eigenvalue weighted by Crippen LogP contribution is -2.28. The number of carbonyl (C=O) groups is 1. The molecule has 1 aromatic heterocycles. The Morgan fingerprint density at radius 1 is 1.32 bits per heavy atom. The van der Waals surface area contributed by atoms with Gasteiger partial charge in [-0.25, -0.2) is 4.79 Å². The molecule has 0 unspecified atom stereocenters. The summed E-state index contributed by atoms with van der Waals surface area (Å²) in [6, 6.07) is 9.01. The van der Waals surface area contributed by atoms with Gasteiger partial charge in [0.15, 0.2) is 0 Å². The van der Waals surface area contributed by atoms with E-state index in [-0.39, 0.29) is 6.03 Å². The number of hydrogen-bond donors (Lipinski definition) is 3. The van der Waals surface area contributed by atoms with Crippen LogP contribution in [0.3, 0.4) is 0 Å². The summed E-state index contributed by atoms with van der Waals surface area (Å²) in [7, 11) is 1.84. The predicted octanol–water partition coefficient (Wildman–Crippen LogP) is 1.20. The van der Waals surface area contributed by atoms with Gasteiger partial charge in [0, 0.05) is 25.5 Å². The second kappa shape index (κ2) is 6.01. The van der Waals surface area contributed by atoms with Crippen molar-refractivity contribution in [3.8, 4) is 0 Å². The summed E-state index contributed by atoms with van der Waals surface area (Å²) in [5.74, 6) is 0. The van der Waals surface area contributed by atoms with Crippen molar-refractivity contribution in [1.82, 2.24) is 15.1 Å². The van der Waals surface area contributed by atoms with E-state index in [1.807, 2.05) is 43.6 Å². The average molecular weight is 259 g/mol. The highest BCUT2D eigenvalue weighted by atomic mass is 16.2. The van der Waals surface area contributed by atoms with Gasteiger partial charge >= 0.3 is 6.03 Å². The normalized spacial score (nSPS) is 10.2. The molecular weight excluding hydrogens is 242 g/mol. The summed E-state index contributed by atoms with van der Waals surface area (Å²) in [5, 5.41) is 9.66. The Bertz CT molecular complexity index is 546. The van der Waals surface area contributed by atoms with Crippen LogP contribution >= 0.6 is 0 Å². The SMILES string of the molecule is Cn1ccc(CNC(=O)Nc2ccc(CN)cc2)n1. The third-order valence-corrected chi connectivity index (χ3v) is 2.65. The van der Waals surface area contributed by atoms with Crippen LogP contribution in [0.1, 0.15) is 11.3 Å². The van der Waals surface area contributed by atoms with Crippen molar-refractivity contribution in [1.29, 1.82) is 0 Å². The first-order chi connectivity index (χ1) is 9.17. The number of carbonyl (C=O) groups excluding carboxylic acids is 1. The van der Waals surface area contributed by atoms with E-state index >= 15 is 0 Å². The molecule has 0 aliphatic heterocycles. The zero-order valence-corrected chi connectivity index (χ0v) is 10.8. The van der Waals surface area contributed by atoms with Crippen LogP contribution in [0.5, 0.6) is 0 Å². The molecule has 6 heteroatoms. The summed E-state index contributed by atoms with van der Waals surface area (Å²) < 4.78 is 1.69. The van der Waals surface area contributed by atoms with Crippen molar-refractivity contribution in [2.24, 2.45) is 12.8 Å². The van der Waals surface area contributed by atoms with E-state index in [0.717, 1.165) is 16.9 Å². The molecule has 1 aromatic carbocycles. The number of amides is 2. The van der Waals surface area contributed by atoms with Crippen LogP contribution in [0.25, 0.3) is 0 Å². The highest BCUT2D eigenvalue weighted by Crippen LogP contribution is 2.08. The number of hydrogen-bond acceptors (Lipinski definition) is 3. The predicted molar refractivity (Wildman–Crippen MR) is 73.4 cm³/mol. The molecule has 0 saturated carbocycles. The second-order valence-electron chi connectivity index (χ2n) is 4.19. The smallest absolute Gasteiger partial charge is 0.319 e. The Morgan fingerprint density at radius 2 is 2.05 bits per heavy atom. The fraction of sp³-hybridized carbons (Fsp3) is 0.231. The molecule has 2 rings (SSSR count). The summed E-state index contributed by atoms with van der Waals surface area (Å²) >= 11 is 0. The van der Waals surface area contributed by atoms with E-state index in [4.69, 9.17) is 5.73 Å². The minimum atomic E-state index is -0.258. The molecule has 100 valence electrons. The number of nitrogens with two attached hydrogens (primary N) is 1. The molecule has 2 aromatic rings. The number of benzene rings is 1. The van der Waals surface area contributed by atoms with Crippen LogP contribution in [0.15, 0.2) is 36.5 Å². The molecule has 6 nitrogen and oxygen atoms in total. The standard InChI is InChI=1S/C13H17N5O/c1-18-7-6-12(17-18)9-15-13(19)16-11-4-2-10(8-14)3-5-11/h2-7H,8-9,14H2,1H3,(H2,15,16,19). The molecule has 0 bridgehead atoms. The summed E-state index contributed by atoms with van der Waals surface area (Å²) in [4.78, 5) is 11.7. The highest BCUT2D eigenvalue weighted by Gasteiger charge is 2.03. The van der Waals surface area contributed by atoms with E-state index in [1.165, 1.54) is 0 Å². The van der Waals surface area contributed by atoms with Gasteiger partial charge in [-0.15, -0.1) is 0 Å².